The molecule has 0 spiro atoms. The van der Waals surface area contributed by atoms with E-state index in [9.17, 15) is 0 Å². The number of nitrogens with two attached hydrogens (primary N) is 1. The number of hydrogen-bond donors (Lipinski definition) is 1. The Morgan fingerprint density at radius 3 is 3.17 bits per heavy atom. The van der Waals surface area contributed by atoms with Gasteiger partial charge in [-0.25, -0.2) is 0 Å². The average molecular weight is 258 g/mol. The molecular formula is C15H18N2S. The molecule has 3 heteroatoms. The summed E-state index contributed by atoms with van der Waals surface area (Å²) < 4.78 is 1.45. The van der Waals surface area contributed by atoms with Crippen LogP contribution in [0, 0.1) is 0 Å². The van der Waals surface area contributed by atoms with Crippen LogP contribution >= 0.6 is 11.3 Å². The topological polar surface area (TPSA) is 29.3 Å². The van der Waals surface area contributed by atoms with Crippen molar-refractivity contribution in [2.24, 2.45) is 5.73 Å². The predicted molar refractivity (Wildman–Crippen MR) is 77.3 cm³/mol. The summed E-state index contributed by atoms with van der Waals surface area (Å²) in [6.45, 7) is 1.04. The largest absolute Gasteiger partial charge is 0.327 e. The number of rotatable bonds is 0. The summed E-state index contributed by atoms with van der Waals surface area (Å²) in [5.74, 6) is 0.629. The van der Waals surface area contributed by atoms with Gasteiger partial charge in [0.2, 0.25) is 0 Å². The second-order valence-electron chi connectivity index (χ2n) is 5.79. The smallest absolute Gasteiger partial charge is 0.0348 e. The number of fused-ring (bicyclic) bond motifs is 2. The molecule has 94 valence electrons. The minimum absolute atomic E-state index is 0.326. The van der Waals surface area contributed by atoms with Crippen molar-refractivity contribution in [3.63, 3.8) is 0 Å². The molecule has 0 bridgehead atoms. The summed E-state index contributed by atoms with van der Waals surface area (Å²) in [4.78, 5) is 2.47. The zero-order valence-corrected chi connectivity index (χ0v) is 11.4. The molecule has 4 rings (SSSR count). The molecule has 2 N–H and O–H groups in total. The van der Waals surface area contributed by atoms with Crippen LogP contribution in [0.15, 0.2) is 23.6 Å². The van der Waals surface area contributed by atoms with E-state index in [2.05, 4.69) is 35.5 Å². The Bertz CT molecular complexity index is 604. The molecule has 2 heterocycles. The van der Waals surface area contributed by atoms with Crippen LogP contribution in [0.5, 0.6) is 0 Å². The van der Waals surface area contributed by atoms with Crippen LogP contribution in [-0.4, -0.2) is 30.6 Å². The molecule has 0 saturated carbocycles. The van der Waals surface area contributed by atoms with Gasteiger partial charge in [0, 0.05) is 29.2 Å². The SMILES string of the molecule is CN1CC(N)CC2c3cccc4scc(c34)C[C@H]21. The number of nitrogens with zero attached hydrogens (tertiary/aromatic N) is 1. The van der Waals surface area contributed by atoms with Gasteiger partial charge in [-0.05, 0) is 47.8 Å². The first-order valence-electron chi connectivity index (χ1n) is 6.69. The number of likely N-dealkylation sites (N-methyl/N-ethyl adjacent to an activating group) is 1. The molecule has 1 saturated heterocycles. The maximum atomic E-state index is 6.22. The van der Waals surface area contributed by atoms with Gasteiger partial charge in [0.15, 0.2) is 0 Å². The summed E-state index contributed by atoms with van der Waals surface area (Å²) in [7, 11) is 2.23. The highest BCUT2D eigenvalue weighted by Gasteiger charge is 2.38. The molecule has 2 unspecified atom stereocenters. The fourth-order valence-electron chi connectivity index (χ4n) is 3.87. The number of likely N-dealkylation sites (tertiary alicyclic amines) is 1. The van der Waals surface area contributed by atoms with E-state index in [1.165, 1.54) is 16.5 Å². The highest BCUT2D eigenvalue weighted by atomic mass is 32.1. The summed E-state index contributed by atoms with van der Waals surface area (Å²) in [6, 6.07) is 7.76. The highest BCUT2D eigenvalue weighted by Crippen LogP contribution is 2.44. The van der Waals surface area contributed by atoms with E-state index < -0.39 is 0 Å². The fraction of sp³-hybridized carbons (Fsp3) is 0.467. The van der Waals surface area contributed by atoms with Crippen molar-refractivity contribution < 1.29 is 0 Å². The van der Waals surface area contributed by atoms with Crippen molar-refractivity contribution in [1.82, 2.24) is 4.90 Å². The molecule has 1 aliphatic carbocycles. The van der Waals surface area contributed by atoms with Gasteiger partial charge in [0.1, 0.15) is 0 Å². The van der Waals surface area contributed by atoms with Gasteiger partial charge >= 0.3 is 0 Å². The van der Waals surface area contributed by atoms with Crippen molar-refractivity contribution in [2.45, 2.75) is 30.8 Å². The van der Waals surface area contributed by atoms with Crippen molar-refractivity contribution in [3.05, 3.63) is 34.7 Å². The van der Waals surface area contributed by atoms with Crippen molar-refractivity contribution in [3.8, 4) is 0 Å². The summed E-state index contributed by atoms with van der Waals surface area (Å²) in [5, 5.41) is 3.89. The summed E-state index contributed by atoms with van der Waals surface area (Å²) in [6.07, 6.45) is 2.34. The molecular weight excluding hydrogens is 240 g/mol. The van der Waals surface area contributed by atoms with Crippen LogP contribution in [0.4, 0.5) is 0 Å². The minimum atomic E-state index is 0.326. The standard InChI is InChI=1S/C15H18N2S/c1-17-7-10(16)6-12-11-3-2-4-14-15(11)9(8-18-14)5-13(12)17/h2-4,8,10,12-13H,5-7,16H2,1H3/t10?,12?,13-/m1/s1. The first-order valence-corrected chi connectivity index (χ1v) is 7.57. The van der Waals surface area contributed by atoms with Crippen LogP contribution in [0.25, 0.3) is 10.1 Å². The number of benzene rings is 1. The van der Waals surface area contributed by atoms with E-state index >= 15 is 0 Å². The molecule has 0 amide bonds. The van der Waals surface area contributed by atoms with Crippen LogP contribution in [0.3, 0.4) is 0 Å². The van der Waals surface area contributed by atoms with Crippen molar-refractivity contribution in [1.29, 1.82) is 0 Å². The number of piperidine rings is 1. The van der Waals surface area contributed by atoms with Crippen LogP contribution < -0.4 is 5.73 Å². The highest BCUT2D eigenvalue weighted by molar-refractivity contribution is 7.17. The molecule has 1 aromatic heterocycles. The Kier molecular flexibility index (Phi) is 2.31. The number of thiophene rings is 1. The third-order valence-corrected chi connectivity index (χ3v) is 5.64. The Balaban J connectivity index is 1.92. The Labute approximate surface area is 111 Å². The van der Waals surface area contributed by atoms with Gasteiger partial charge in [-0.1, -0.05) is 12.1 Å². The Morgan fingerprint density at radius 2 is 2.28 bits per heavy atom. The van der Waals surface area contributed by atoms with E-state index in [0.717, 1.165) is 13.0 Å². The lowest BCUT2D eigenvalue weighted by molar-refractivity contribution is 0.141. The maximum absolute atomic E-state index is 6.22. The average Bonchev–Trinajstić information content (AvgIpc) is 2.76. The molecule has 2 aromatic rings. The molecule has 1 aromatic carbocycles. The van der Waals surface area contributed by atoms with Crippen LogP contribution in [0.2, 0.25) is 0 Å². The monoisotopic (exact) mass is 258 g/mol. The second kappa shape index (κ2) is 3.80. The fourth-order valence-corrected chi connectivity index (χ4v) is 4.88. The molecule has 3 atom stereocenters. The van der Waals surface area contributed by atoms with E-state index in [1.54, 1.807) is 11.1 Å². The van der Waals surface area contributed by atoms with Crippen LogP contribution in [-0.2, 0) is 6.42 Å². The minimum Gasteiger partial charge on any atom is -0.327 e. The van der Waals surface area contributed by atoms with Gasteiger partial charge in [0.05, 0.1) is 0 Å². The predicted octanol–water partition coefficient (Wildman–Crippen LogP) is 2.57. The second-order valence-corrected chi connectivity index (χ2v) is 6.71. The first-order chi connectivity index (χ1) is 8.74. The van der Waals surface area contributed by atoms with Crippen molar-refractivity contribution >= 4 is 21.4 Å². The summed E-state index contributed by atoms with van der Waals surface area (Å²) in [5.41, 5.74) is 9.31. The third-order valence-electron chi connectivity index (χ3n) is 4.65. The van der Waals surface area contributed by atoms with E-state index in [1.807, 2.05) is 11.3 Å². The number of hydrogen-bond acceptors (Lipinski definition) is 3. The summed E-state index contributed by atoms with van der Waals surface area (Å²) >= 11 is 1.89. The normalized spacial score (nSPS) is 31.6. The lowest BCUT2D eigenvalue weighted by Crippen LogP contribution is -2.52. The van der Waals surface area contributed by atoms with E-state index in [4.69, 9.17) is 5.73 Å². The molecule has 2 nitrogen and oxygen atoms in total. The Hall–Kier alpha value is -0.900. The zero-order chi connectivity index (χ0) is 12.3. The Morgan fingerprint density at radius 1 is 1.39 bits per heavy atom. The zero-order valence-electron chi connectivity index (χ0n) is 10.6. The first kappa shape index (κ1) is 11.0. The molecule has 2 aliphatic rings. The van der Waals surface area contributed by atoms with Gasteiger partial charge in [-0.15, -0.1) is 11.3 Å². The lowest BCUT2D eigenvalue weighted by atomic mass is 9.74. The lowest BCUT2D eigenvalue weighted by Gasteiger charge is -2.44. The van der Waals surface area contributed by atoms with Gasteiger partial charge < -0.3 is 10.6 Å². The van der Waals surface area contributed by atoms with Gasteiger partial charge in [-0.2, -0.15) is 0 Å². The molecule has 1 aliphatic heterocycles. The molecule has 18 heavy (non-hydrogen) atoms. The van der Waals surface area contributed by atoms with E-state index in [0.29, 0.717) is 18.0 Å². The maximum Gasteiger partial charge on any atom is 0.0348 e. The van der Waals surface area contributed by atoms with Gasteiger partial charge in [0.25, 0.3) is 0 Å². The quantitative estimate of drug-likeness (QED) is 0.787. The van der Waals surface area contributed by atoms with Gasteiger partial charge in [-0.3, -0.25) is 0 Å². The molecule has 1 fully saturated rings. The van der Waals surface area contributed by atoms with E-state index in [-0.39, 0.29) is 0 Å². The van der Waals surface area contributed by atoms with Crippen molar-refractivity contribution in [2.75, 3.05) is 13.6 Å². The molecule has 0 radical (unpaired) electrons. The third kappa shape index (κ3) is 1.41. The van der Waals surface area contributed by atoms with Crippen LogP contribution in [0.1, 0.15) is 23.5 Å².